The summed E-state index contributed by atoms with van der Waals surface area (Å²) >= 11 is 3.40. The van der Waals surface area contributed by atoms with Gasteiger partial charge < -0.3 is 4.90 Å². The zero-order chi connectivity index (χ0) is 13.0. The summed E-state index contributed by atoms with van der Waals surface area (Å²) in [4.78, 5) is 14.1. The van der Waals surface area contributed by atoms with E-state index in [0.29, 0.717) is 6.42 Å². The summed E-state index contributed by atoms with van der Waals surface area (Å²) in [6.45, 7) is 0. The van der Waals surface area contributed by atoms with Crippen molar-refractivity contribution >= 4 is 21.8 Å². The van der Waals surface area contributed by atoms with Crippen molar-refractivity contribution in [2.24, 2.45) is 0 Å². The van der Waals surface area contributed by atoms with Crippen LogP contribution in [0.3, 0.4) is 0 Å². The topological polar surface area (TPSA) is 20.3 Å². The monoisotopic (exact) mass is 309 g/mol. The van der Waals surface area contributed by atoms with E-state index in [1.165, 1.54) is 11.1 Å². The Kier molecular flexibility index (Phi) is 4.81. The van der Waals surface area contributed by atoms with Crippen molar-refractivity contribution < 1.29 is 4.79 Å². The highest BCUT2D eigenvalue weighted by Gasteiger charge is 2.27. The van der Waals surface area contributed by atoms with Crippen LogP contribution in [0.25, 0.3) is 0 Å². The second kappa shape index (κ2) is 6.37. The van der Waals surface area contributed by atoms with Gasteiger partial charge in [-0.25, -0.2) is 0 Å². The molecular formula is C15H20BrNO. The van der Waals surface area contributed by atoms with Crippen LogP contribution in [0.1, 0.15) is 42.9 Å². The number of benzene rings is 1. The molecule has 0 heterocycles. The molecule has 0 bridgehead atoms. The van der Waals surface area contributed by atoms with Crippen LogP contribution in [0.4, 0.5) is 0 Å². The molecule has 1 amide bonds. The summed E-state index contributed by atoms with van der Waals surface area (Å²) in [5, 5.41) is 0.982. The fraction of sp³-hybridized carbons (Fsp3) is 0.533. The average molecular weight is 310 g/mol. The molecule has 2 nitrogen and oxygen atoms in total. The zero-order valence-electron chi connectivity index (χ0n) is 10.9. The van der Waals surface area contributed by atoms with Crippen LogP contribution in [0.5, 0.6) is 0 Å². The number of carbonyl (C=O) groups is 1. The van der Waals surface area contributed by atoms with Gasteiger partial charge in [0.25, 0.3) is 0 Å². The zero-order valence-corrected chi connectivity index (χ0v) is 12.4. The van der Waals surface area contributed by atoms with Crippen molar-refractivity contribution in [1.82, 2.24) is 4.90 Å². The number of unbranched alkanes of at least 4 members (excludes halogenated alkanes) is 1. The number of nitrogens with zero attached hydrogens (tertiary/aromatic N) is 1. The minimum absolute atomic E-state index is 0.276. The number of alkyl halides is 1. The SMILES string of the molecule is CN(C(=O)CCCCBr)C1CCc2ccccc21. The van der Waals surface area contributed by atoms with Crippen LogP contribution in [-0.4, -0.2) is 23.2 Å². The Morgan fingerprint density at radius 3 is 2.94 bits per heavy atom. The van der Waals surface area contributed by atoms with E-state index in [-0.39, 0.29) is 11.9 Å². The number of carbonyl (C=O) groups excluding carboxylic acids is 1. The van der Waals surface area contributed by atoms with E-state index in [0.717, 1.165) is 31.0 Å². The number of fused-ring (bicyclic) bond motifs is 1. The smallest absolute Gasteiger partial charge is 0.222 e. The molecule has 98 valence electrons. The molecule has 0 aliphatic heterocycles. The first-order valence-corrected chi connectivity index (χ1v) is 7.75. The lowest BCUT2D eigenvalue weighted by atomic mass is 10.1. The minimum Gasteiger partial charge on any atom is -0.339 e. The Balaban J connectivity index is 1.98. The van der Waals surface area contributed by atoms with Crippen molar-refractivity contribution in [3.63, 3.8) is 0 Å². The van der Waals surface area contributed by atoms with Crippen LogP contribution in [0, 0.1) is 0 Å². The quantitative estimate of drug-likeness (QED) is 0.600. The first-order chi connectivity index (χ1) is 8.74. The lowest BCUT2D eigenvalue weighted by Gasteiger charge is -2.25. The van der Waals surface area contributed by atoms with E-state index in [9.17, 15) is 4.79 Å². The number of hydrogen-bond acceptors (Lipinski definition) is 1. The number of rotatable bonds is 5. The first kappa shape index (κ1) is 13.6. The van der Waals surface area contributed by atoms with Gasteiger partial charge in [-0.15, -0.1) is 0 Å². The molecule has 18 heavy (non-hydrogen) atoms. The number of hydrogen-bond donors (Lipinski definition) is 0. The van der Waals surface area contributed by atoms with E-state index in [2.05, 4.69) is 40.2 Å². The van der Waals surface area contributed by atoms with Gasteiger partial charge in [0.15, 0.2) is 0 Å². The van der Waals surface area contributed by atoms with Crippen molar-refractivity contribution in [1.29, 1.82) is 0 Å². The molecule has 0 saturated heterocycles. The van der Waals surface area contributed by atoms with Crippen molar-refractivity contribution in [2.75, 3.05) is 12.4 Å². The normalized spacial score (nSPS) is 17.6. The number of halogens is 1. The predicted molar refractivity (Wildman–Crippen MR) is 77.9 cm³/mol. The summed E-state index contributed by atoms with van der Waals surface area (Å²) < 4.78 is 0. The molecule has 1 aromatic carbocycles. The van der Waals surface area contributed by atoms with E-state index in [1.54, 1.807) is 0 Å². The molecule has 0 aromatic heterocycles. The maximum atomic E-state index is 12.1. The summed E-state index contributed by atoms with van der Waals surface area (Å²) in [6.07, 6.45) is 4.88. The fourth-order valence-corrected chi connectivity index (χ4v) is 3.05. The molecule has 0 N–H and O–H groups in total. The van der Waals surface area contributed by atoms with E-state index in [4.69, 9.17) is 0 Å². The third-order valence-electron chi connectivity index (χ3n) is 3.74. The van der Waals surface area contributed by atoms with Gasteiger partial charge >= 0.3 is 0 Å². The molecule has 0 saturated carbocycles. The Labute approximate surface area is 117 Å². The predicted octanol–water partition coefficient (Wildman–Crippen LogP) is 3.70. The standard InChI is InChI=1S/C15H20BrNO/c1-17(15(18)8-4-5-11-16)14-10-9-12-6-2-3-7-13(12)14/h2-3,6-7,14H,4-5,8-11H2,1H3. The Morgan fingerprint density at radius 2 is 2.17 bits per heavy atom. The maximum Gasteiger partial charge on any atom is 0.222 e. The van der Waals surface area contributed by atoms with Gasteiger partial charge in [0.1, 0.15) is 0 Å². The molecule has 2 rings (SSSR count). The van der Waals surface area contributed by atoms with Gasteiger partial charge in [-0.3, -0.25) is 4.79 Å². The highest BCUT2D eigenvalue weighted by Crippen LogP contribution is 2.35. The maximum absolute atomic E-state index is 12.1. The molecule has 0 radical (unpaired) electrons. The average Bonchev–Trinajstić information content (AvgIpc) is 2.82. The molecule has 0 spiro atoms. The largest absolute Gasteiger partial charge is 0.339 e. The molecule has 3 heteroatoms. The van der Waals surface area contributed by atoms with Gasteiger partial charge in [-0.1, -0.05) is 40.2 Å². The van der Waals surface area contributed by atoms with Crippen LogP contribution < -0.4 is 0 Å². The molecule has 1 unspecified atom stereocenters. The Morgan fingerprint density at radius 1 is 1.39 bits per heavy atom. The molecule has 1 atom stereocenters. The lowest BCUT2D eigenvalue weighted by Crippen LogP contribution is -2.29. The highest BCUT2D eigenvalue weighted by atomic mass is 79.9. The Bertz CT molecular complexity index is 419. The van der Waals surface area contributed by atoms with Gasteiger partial charge in [0.2, 0.25) is 5.91 Å². The molecule has 1 aromatic rings. The van der Waals surface area contributed by atoms with E-state index in [1.807, 2.05) is 11.9 Å². The summed E-state index contributed by atoms with van der Waals surface area (Å²) in [6, 6.07) is 8.78. The fourth-order valence-electron chi connectivity index (χ4n) is 2.66. The van der Waals surface area contributed by atoms with Gasteiger partial charge in [0, 0.05) is 18.8 Å². The van der Waals surface area contributed by atoms with Crippen LogP contribution in [0.15, 0.2) is 24.3 Å². The summed E-state index contributed by atoms with van der Waals surface area (Å²) in [5.74, 6) is 0.276. The van der Waals surface area contributed by atoms with E-state index < -0.39 is 0 Å². The number of aryl methyl sites for hydroxylation is 1. The first-order valence-electron chi connectivity index (χ1n) is 6.63. The third-order valence-corrected chi connectivity index (χ3v) is 4.30. The molecular weight excluding hydrogens is 290 g/mol. The highest BCUT2D eigenvalue weighted by molar-refractivity contribution is 9.09. The summed E-state index contributed by atoms with van der Waals surface area (Å²) in [7, 11) is 1.95. The second-order valence-electron chi connectivity index (χ2n) is 4.90. The van der Waals surface area contributed by atoms with Gasteiger partial charge in [0.05, 0.1) is 6.04 Å². The summed E-state index contributed by atoms with van der Waals surface area (Å²) in [5.41, 5.74) is 2.75. The van der Waals surface area contributed by atoms with Gasteiger partial charge in [-0.05, 0) is 36.8 Å². The van der Waals surface area contributed by atoms with E-state index >= 15 is 0 Å². The van der Waals surface area contributed by atoms with Crippen LogP contribution >= 0.6 is 15.9 Å². The van der Waals surface area contributed by atoms with Crippen LogP contribution in [-0.2, 0) is 11.2 Å². The molecule has 0 fully saturated rings. The van der Waals surface area contributed by atoms with Crippen molar-refractivity contribution in [3.8, 4) is 0 Å². The van der Waals surface area contributed by atoms with Crippen LogP contribution in [0.2, 0.25) is 0 Å². The third kappa shape index (κ3) is 2.94. The second-order valence-corrected chi connectivity index (χ2v) is 5.70. The molecule has 1 aliphatic rings. The number of amides is 1. The van der Waals surface area contributed by atoms with Crippen molar-refractivity contribution in [2.45, 2.75) is 38.1 Å². The van der Waals surface area contributed by atoms with Gasteiger partial charge in [-0.2, -0.15) is 0 Å². The Hall–Kier alpha value is -0.830. The minimum atomic E-state index is 0.276. The molecule has 1 aliphatic carbocycles. The van der Waals surface area contributed by atoms with Crippen molar-refractivity contribution in [3.05, 3.63) is 35.4 Å². The lowest BCUT2D eigenvalue weighted by molar-refractivity contribution is -0.132.